The lowest BCUT2D eigenvalue weighted by atomic mass is 10.0. The van der Waals surface area contributed by atoms with Gasteiger partial charge in [-0.25, -0.2) is 4.39 Å². The highest BCUT2D eigenvalue weighted by Gasteiger charge is 2.18. The third-order valence-corrected chi connectivity index (χ3v) is 2.92. The van der Waals surface area contributed by atoms with E-state index in [4.69, 9.17) is 16.3 Å². The Hall–Kier alpha value is -1.65. The van der Waals surface area contributed by atoms with E-state index in [0.29, 0.717) is 16.3 Å². The molecule has 0 bridgehead atoms. The van der Waals surface area contributed by atoms with Gasteiger partial charge in [-0.2, -0.15) is 0 Å². The van der Waals surface area contributed by atoms with Crippen LogP contribution >= 0.6 is 11.6 Å². The molecule has 3 nitrogen and oxygen atoms in total. The van der Waals surface area contributed by atoms with Gasteiger partial charge in [0.05, 0.1) is 12.1 Å². The maximum Gasteiger partial charge on any atom is 0.133 e. The number of ether oxygens (including phenoxy) is 1. The third-order valence-electron chi connectivity index (χ3n) is 2.60. The molecule has 0 aliphatic carbocycles. The predicted octanol–water partition coefficient (Wildman–Crippen LogP) is 2.96. The first-order valence-corrected chi connectivity index (χ1v) is 5.62. The zero-order chi connectivity index (χ0) is 13.1. The zero-order valence-corrected chi connectivity index (χ0v) is 10.4. The maximum absolute atomic E-state index is 13.8. The summed E-state index contributed by atoms with van der Waals surface area (Å²) in [5.41, 5.74) is 0.555. The Morgan fingerprint density at radius 3 is 2.72 bits per heavy atom. The topological polar surface area (TPSA) is 42.4 Å². The second-order valence-corrected chi connectivity index (χ2v) is 4.09. The second kappa shape index (κ2) is 5.33. The summed E-state index contributed by atoms with van der Waals surface area (Å²) < 4.78 is 18.7. The highest BCUT2D eigenvalue weighted by Crippen LogP contribution is 2.30. The maximum atomic E-state index is 13.8. The average molecular weight is 268 g/mol. The van der Waals surface area contributed by atoms with Crippen molar-refractivity contribution >= 4 is 11.6 Å². The second-order valence-electron chi connectivity index (χ2n) is 3.69. The Morgan fingerprint density at radius 2 is 2.11 bits per heavy atom. The Bertz CT molecular complexity index is 562. The van der Waals surface area contributed by atoms with Crippen LogP contribution in [0.1, 0.15) is 17.2 Å². The summed E-state index contributed by atoms with van der Waals surface area (Å²) in [5.74, 6) is -0.154. The molecule has 5 heteroatoms. The molecular formula is C13H11ClFNO2. The van der Waals surface area contributed by atoms with Gasteiger partial charge in [0.2, 0.25) is 0 Å². The van der Waals surface area contributed by atoms with Crippen LogP contribution in [-0.4, -0.2) is 17.2 Å². The van der Waals surface area contributed by atoms with Crippen molar-refractivity contribution in [3.8, 4) is 5.75 Å². The number of aliphatic hydroxyl groups is 1. The van der Waals surface area contributed by atoms with Crippen LogP contribution in [0.25, 0.3) is 0 Å². The van der Waals surface area contributed by atoms with E-state index in [9.17, 15) is 9.50 Å². The molecule has 94 valence electrons. The standard InChI is InChI=1S/C13H11ClFNO2/c1-18-8-2-3-10(12(15)6-8)13(17)9-4-5-16-7-11(9)14/h2-7,13,17H,1H3. The van der Waals surface area contributed by atoms with Gasteiger partial charge in [0.25, 0.3) is 0 Å². The van der Waals surface area contributed by atoms with Gasteiger partial charge < -0.3 is 9.84 Å². The number of aromatic nitrogens is 1. The smallest absolute Gasteiger partial charge is 0.133 e. The van der Waals surface area contributed by atoms with E-state index in [1.165, 1.54) is 31.6 Å². The van der Waals surface area contributed by atoms with Gasteiger partial charge in [0.1, 0.15) is 17.7 Å². The van der Waals surface area contributed by atoms with Crippen molar-refractivity contribution in [2.75, 3.05) is 7.11 Å². The molecule has 18 heavy (non-hydrogen) atoms. The molecule has 0 aliphatic rings. The quantitative estimate of drug-likeness (QED) is 0.930. The molecular weight excluding hydrogens is 257 g/mol. The molecule has 0 radical (unpaired) electrons. The van der Waals surface area contributed by atoms with Crippen molar-refractivity contribution in [3.63, 3.8) is 0 Å². The Morgan fingerprint density at radius 1 is 1.33 bits per heavy atom. The summed E-state index contributed by atoms with van der Waals surface area (Å²) in [6, 6.07) is 5.82. The number of benzene rings is 1. The summed E-state index contributed by atoms with van der Waals surface area (Å²) in [4.78, 5) is 3.81. The van der Waals surface area contributed by atoms with Crippen molar-refractivity contribution in [3.05, 3.63) is 58.6 Å². The molecule has 0 aliphatic heterocycles. The molecule has 0 fully saturated rings. The van der Waals surface area contributed by atoms with Crippen molar-refractivity contribution in [1.29, 1.82) is 0 Å². The first kappa shape index (κ1) is 12.8. The molecule has 1 unspecified atom stereocenters. The van der Waals surface area contributed by atoms with Gasteiger partial charge in [-0.3, -0.25) is 4.98 Å². The minimum atomic E-state index is -1.13. The highest BCUT2D eigenvalue weighted by molar-refractivity contribution is 6.31. The van der Waals surface area contributed by atoms with E-state index in [0.717, 1.165) is 0 Å². The number of aliphatic hydroxyl groups excluding tert-OH is 1. The van der Waals surface area contributed by atoms with Gasteiger partial charge in [-0.1, -0.05) is 11.6 Å². The van der Waals surface area contributed by atoms with Crippen LogP contribution in [0.2, 0.25) is 5.02 Å². The monoisotopic (exact) mass is 267 g/mol. The Labute approximate surface area is 109 Å². The number of pyridine rings is 1. The summed E-state index contributed by atoms with van der Waals surface area (Å²) in [6.45, 7) is 0. The normalized spacial score (nSPS) is 12.2. The fourth-order valence-electron chi connectivity index (χ4n) is 1.63. The van der Waals surface area contributed by atoms with Crippen molar-refractivity contribution in [1.82, 2.24) is 4.98 Å². The molecule has 2 rings (SSSR count). The Kier molecular flexibility index (Phi) is 3.79. The fourth-order valence-corrected chi connectivity index (χ4v) is 1.85. The summed E-state index contributed by atoms with van der Waals surface area (Å²) in [7, 11) is 1.45. The molecule has 1 N–H and O–H groups in total. The summed E-state index contributed by atoms with van der Waals surface area (Å²) in [5, 5.41) is 10.4. The van der Waals surface area contributed by atoms with E-state index in [2.05, 4.69) is 4.98 Å². The van der Waals surface area contributed by atoms with Crippen molar-refractivity contribution in [2.45, 2.75) is 6.10 Å². The predicted molar refractivity (Wildman–Crippen MR) is 66.3 cm³/mol. The summed E-state index contributed by atoms with van der Waals surface area (Å²) >= 11 is 5.91. The van der Waals surface area contributed by atoms with Gasteiger partial charge in [0.15, 0.2) is 0 Å². The van der Waals surface area contributed by atoms with E-state index in [1.807, 2.05) is 0 Å². The van der Waals surface area contributed by atoms with Gasteiger partial charge in [0, 0.05) is 29.6 Å². The van der Waals surface area contributed by atoms with Crippen molar-refractivity contribution in [2.24, 2.45) is 0 Å². The fraction of sp³-hybridized carbons (Fsp3) is 0.154. The van der Waals surface area contributed by atoms with E-state index in [1.54, 1.807) is 12.1 Å². The number of rotatable bonds is 3. The van der Waals surface area contributed by atoms with Crippen molar-refractivity contribution < 1.29 is 14.2 Å². The van der Waals surface area contributed by atoms with Gasteiger partial charge in [-0.15, -0.1) is 0 Å². The number of halogens is 2. The number of nitrogens with zero attached hydrogens (tertiary/aromatic N) is 1. The lowest BCUT2D eigenvalue weighted by molar-refractivity contribution is 0.214. The third kappa shape index (κ3) is 2.44. The van der Waals surface area contributed by atoms with Crippen LogP contribution in [0.3, 0.4) is 0 Å². The minimum Gasteiger partial charge on any atom is -0.497 e. The van der Waals surface area contributed by atoms with Crippen LogP contribution in [0.5, 0.6) is 5.75 Å². The molecule has 2 aromatic rings. The molecule has 0 amide bonds. The molecule has 1 heterocycles. The molecule has 1 atom stereocenters. The molecule has 0 saturated heterocycles. The first-order chi connectivity index (χ1) is 8.63. The minimum absolute atomic E-state index is 0.143. The molecule has 1 aromatic carbocycles. The zero-order valence-electron chi connectivity index (χ0n) is 9.60. The van der Waals surface area contributed by atoms with Crippen LogP contribution in [0.15, 0.2) is 36.7 Å². The van der Waals surface area contributed by atoms with Gasteiger partial charge >= 0.3 is 0 Å². The van der Waals surface area contributed by atoms with Crippen LogP contribution in [0, 0.1) is 5.82 Å². The van der Waals surface area contributed by atoms with Crippen LogP contribution in [-0.2, 0) is 0 Å². The number of hydrogen-bond donors (Lipinski definition) is 1. The molecule has 0 saturated carbocycles. The average Bonchev–Trinajstić information content (AvgIpc) is 2.38. The lowest BCUT2D eigenvalue weighted by Crippen LogP contribution is -2.04. The number of methoxy groups -OCH3 is 1. The van der Waals surface area contributed by atoms with Crippen LogP contribution in [0.4, 0.5) is 4.39 Å². The van der Waals surface area contributed by atoms with E-state index in [-0.39, 0.29) is 5.56 Å². The highest BCUT2D eigenvalue weighted by atomic mass is 35.5. The molecule has 0 spiro atoms. The first-order valence-electron chi connectivity index (χ1n) is 5.24. The summed E-state index contributed by atoms with van der Waals surface area (Å²) in [6.07, 6.45) is 1.76. The van der Waals surface area contributed by atoms with E-state index < -0.39 is 11.9 Å². The largest absolute Gasteiger partial charge is 0.497 e. The van der Waals surface area contributed by atoms with E-state index >= 15 is 0 Å². The Balaban J connectivity index is 2.40. The van der Waals surface area contributed by atoms with Gasteiger partial charge in [-0.05, 0) is 18.2 Å². The SMILES string of the molecule is COc1ccc(C(O)c2ccncc2Cl)c(F)c1. The number of hydrogen-bond acceptors (Lipinski definition) is 3. The van der Waals surface area contributed by atoms with Crippen LogP contribution < -0.4 is 4.74 Å². The molecule has 1 aromatic heterocycles. The lowest BCUT2D eigenvalue weighted by Gasteiger charge is -2.14.